The fourth-order valence-corrected chi connectivity index (χ4v) is 4.34. The third-order valence-electron chi connectivity index (χ3n) is 6.05. The summed E-state index contributed by atoms with van der Waals surface area (Å²) >= 11 is 0. The van der Waals surface area contributed by atoms with E-state index in [9.17, 15) is 4.39 Å². The molecule has 164 valence electrons. The smallest absolute Gasteiger partial charge is 0.229 e. The fraction of sp³-hybridized carbons (Fsp3) is 0.333. The molecule has 32 heavy (non-hydrogen) atoms. The Morgan fingerprint density at radius 2 is 2.00 bits per heavy atom. The van der Waals surface area contributed by atoms with Gasteiger partial charge in [0, 0.05) is 62.1 Å². The monoisotopic (exact) mass is 432 g/mol. The van der Waals surface area contributed by atoms with Gasteiger partial charge < -0.3 is 24.7 Å². The van der Waals surface area contributed by atoms with E-state index in [0.717, 1.165) is 61.2 Å². The predicted molar refractivity (Wildman–Crippen MR) is 123 cm³/mol. The summed E-state index contributed by atoms with van der Waals surface area (Å²) in [6.45, 7) is 5.76. The number of benzene rings is 1. The molecule has 2 N–H and O–H groups in total. The van der Waals surface area contributed by atoms with Gasteiger partial charge in [0.05, 0.1) is 17.3 Å². The van der Waals surface area contributed by atoms with Crippen LogP contribution in [-0.2, 0) is 0 Å². The lowest BCUT2D eigenvalue weighted by atomic mass is 10.1. The quantitative estimate of drug-likeness (QED) is 0.495. The summed E-state index contributed by atoms with van der Waals surface area (Å²) in [7, 11) is 0. The van der Waals surface area contributed by atoms with Gasteiger partial charge in [-0.3, -0.25) is 0 Å². The Morgan fingerprint density at radius 1 is 1.16 bits per heavy atom. The normalized spacial score (nSPS) is 16.6. The Balaban J connectivity index is 1.43. The lowest BCUT2D eigenvalue weighted by Crippen LogP contribution is -2.43. The van der Waals surface area contributed by atoms with Crippen molar-refractivity contribution >= 4 is 27.8 Å². The number of anilines is 2. The number of halogens is 1. The van der Waals surface area contributed by atoms with Gasteiger partial charge in [0.15, 0.2) is 11.5 Å². The highest BCUT2D eigenvalue weighted by Crippen LogP contribution is 2.39. The van der Waals surface area contributed by atoms with Gasteiger partial charge in [-0.25, -0.2) is 14.4 Å². The second kappa shape index (κ2) is 7.63. The molecule has 8 heteroatoms. The molecule has 0 atom stereocenters. The van der Waals surface area contributed by atoms with Gasteiger partial charge in [0.1, 0.15) is 5.75 Å². The van der Waals surface area contributed by atoms with Gasteiger partial charge in [0.25, 0.3) is 0 Å². The van der Waals surface area contributed by atoms with Crippen LogP contribution in [0.25, 0.3) is 16.4 Å². The summed E-state index contributed by atoms with van der Waals surface area (Å²) < 4.78 is 22.4. The highest BCUT2D eigenvalue weighted by Gasteiger charge is 2.24. The van der Waals surface area contributed by atoms with E-state index in [0.29, 0.717) is 17.7 Å². The maximum Gasteiger partial charge on any atom is 0.229 e. The number of hydrogen-bond donors (Lipinski definition) is 2. The van der Waals surface area contributed by atoms with E-state index in [2.05, 4.69) is 37.6 Å². The first kappa shape index (κ1) is 19.3. The average Bonchev–Trinajstić information content (AvgIpc) is 3.52. The third kappa shape index (κ3) is 3.60. The first-order valence-electron chi connectivity index (χ1n) is 11.1. The van der Waals surface area contributed by atoms with Crippen LogP contribution >= 0.6 is 0 Å². The van der Waals surface area contributed by atoms with E-state index in [4.69, 9.17) is 4.74 Å². The Morgan fingerprint density at radius 3 is 2.81 bits per heavy atom. The maximum atomic E-state index is 14.6. The third-order valence-corrected chi connectivity index (χ3v) is 6.05. The van der Waals surface area contributed by atoms with Crippen molar-refractivity contribution in [2.45, 2.75) is 25.8 Å². The van der Waals surface area contributed by atoms with E-state index in [1.54, 1.807) is 23.0 Å². The highest BCUT2D eigenvalue weighted by atomic mass is 19.1. The number of hydrogen-bond acceptors (Lipinski definition) is 6. The van der Waals surface area contributed by atoms with Gasteiger partial charge in [-0.05, 0) is 43.4 Å². The van der Waals surface area contributed by atoms with Crippen LogP contribution in [0, 0.1) is 12.7 Å². The molecule has 2 fully saturated rings. The Labute approximate surface area is 185 Å². The first-order valence-corrected chi connectivity index (χ1v) is 11.1. The Bertz CT molecular complexity index is 1310. The van der Waals surface area contributed by atoms with Crippen molar-refractivity contribution in [3.63, 3.8) is 0 Å². The van der Waals surface area contributed by atoms with Crippen molar-refractivity contribution in [2.24, 2.45) is 0 Å². The number of rotatable bonds is 5. The van der Waals surface area contributed by atoms with Crippen LogP contribution in [0.2, 0.25) is 0 Å². The van der Waals surface area contributed by atoms with Gasteiger partial charge in [-0.2, -0.15) is 0 Å². The number of pyridine rings is 2. The van der Waals surface area contributed by atoms with Crippen LogP contribution in [0.1, 0.15) is 18.5 Å². The highest BCUT2D eigenvalue weighted by molar-refractivity contribution is 6.00. The Hall–Kier alpha value is -3.39. The molecular weight excluding hydrogens is 407 g/mol. The van der Waals surface area contributed by atoms with Crippen LogP contribution in [0.5, 0.6) is 11.6 Å². The van der Waals surface area contributed by atoms with Gasteiger partial charge in [-0.15, -0.1) is 0 Å². The molecule has 0 amide bonds. The van der Waals surface area contributed by atoms with Crippen molar-refractivity contribution in [3.05, 3.63) is 54.4 Å². The minimum atomic E-state index is -0.423. The molecular formula is C24H25FN6O. The molecule has 1 saturated heterocycles. The molecule has 0 spiro atoms. The molecule has 1 aliphatic heterocycles. The fourth-order valence-electron chi connectivity index (χ4n) is 4.34. The number of fused-ring (bicyclic) bond motifs is 2. The number of piperazine rings is 1. The Kier molecular flexibility index (Phi) is 4.61. The summed E-state index contributed by atoms with van der Waals surface area (Å²) in [5.74, 6) is 0.428. The van der Waals surface area contributed by atoms with E-state index in [1.807, 2.05) is 13.0 Å². The zero-order chi connectivity index (χ0) is 21.7. The topological polar surface area (TPSA) is 66.7 Å². The summed E-state index contributed by atoms with van der Waals surface area (Å²) in [5, 5.41) is 9.03. The van der Waals surface area contributed by atoms with E-state index in [1.165, 1.54) is 11.8 Å². The lowest BCUT2D eigenvalue weighted by Gasteiger charge is -2.30. The zero-order valence-electron chi connectivity index (χ0n) is 17.9. The number of nitrogens with one attached hydrogen (secondary N) is 2. The van der Waals surface area contributed by atoms with Gasteiger partial charge in [-0.1, -0.05) is 0 Å². The van der Waals surface area contributed by atoms with Crippen LogP contribution in [0.3, 0.4) is 0 Å². The van der Waals surface area contributed by atoms with Gasteiger partial charge >= 0.3 is 0 Å². The van der Waals surface area contributed by atoms with Crippen molar-refractivity contribution in [3.8, 4) is 11.6 Å². The summed E-state index contributed by atoms with van der Waals surface area (Å²) in [6, 6.07) is 8.24. The number of aromatic nitrogens is 3. The van der Waals surface area contributed by atoms with Crippen LogP contribution < -0.4 is 20.3 Å². The number of ether oxygens (including phenoxy) is 1. The summed E-state index contributed by atoms with van der Waals surface area (Å²) in [5.41, 5.74) is 3.25. The van der Waals surface area contributed by atoms with Crippen LogP contribution in [-0.4, -0.2) is 46.6 Å². The predicted octanol–water partition coefficient (Wildman–Crippen LogP) is 4.11. The number of nitrogens with zero attached hydrogens (tertiary/aromatic N) is 4. The second-order valence-corrected chi connectivity index (χ2v) is 8.60. The van der Waals surface area contributed by atoms with E-state index < -0.39 is 5.82 Å². The molecule has 3 aromatic heterocycles. The lowest BCUT2D eigenvalue weighted by molar-refractivity contribution is 0.461. The molecule has 1 aromatic carbocycles. The van der Waals surface area contributed by atoms with Gasteiger partial charge in [0.2, 0.25) is 5.88 Å². The number of imidazole rings is 1. The minimum Gasteiger partial charge on any atom is -0.437 e. The minimum absolute atomic E-state index is 0.289. The molecule has 2 aliphatic rings. The average molecular weight is 433 g/mol. The second-order valence-electron chi connectivity index (χ2n) is 8.60. The zero-order valence-corrected chi connectivity index (χ0v) is 17.9. The first-order chi connectivity index (χ1) is 15.6. The molecule has 0 unspecified atom stereocenters. The summed E-state index contributed by atoms with van der Waals surface area (Å²) in [4.78, 5) is 11.1. The molecule has 4 heterocycles. The maximum absolute atomic E-state index is 14.6. The van der Waals surface area contributed by atoms with E-state index >= 15 is 0 Å². The molecule has 7 nitrogen and oxygen atoms in total. The van der Waals surface area contributed by atoms with Crippen molar-refractivity contribution in [2.75, 3.05) is 36.4 Å². The van der Waals surface area contributed by atoms with Crippen LogP contribution in [0.4, 0.5) is 15.8 Å². The van der Waals surface area contributed by atoms with Crippen LogP contribution in [0.15, 0.2) is 42.9 Å². The number of aryl methyl sites for hydroxylation is 1. The van der Waals surface area contributed by atoms with Crippen molar-refractivity contribution < 1.29 is 9.13 Å². The SMILES string of the molecule is Cc1cn2cc(Oc3nccc4cc(N5CCNCC5)cc(NC5CC5)c34)cc(F)c2n1. The van der Waals surface area contributed by atoms with E-state index in [-0.39, 0.29) is 5.65 Å². The molecule has 1 saturated carbocycles. The molecule has 0 bridgehead atoms. The molecule has 4 aromatic rings. The van der Waals surface area contributed by atoms with Crippen molar-refractivity contribution in [1.82, 2.24) is 19.7 Å². The molecule has 0 radical (unpaired) electrons. The van der Waals surface area contributed by atoms with Crippen molar-refractivity contribution in [1.29, 1.82) is 0 Å². The molecule has 1 aliphatic carbocycles. The summed E-state index contributed by atoms with van der Waals surface area (Å²) in [6.07, 6.45) is 7.59. The largest absolute Gasteiger partial charge is 0.437 e. The molecule has 6 rings (SSSR count). The standard InChI is InChI=1S/C24H25FN6O/c1-15-13-31-14-19(12-20(25)23(31)28-15)32-24-22-16(4-5-27-24)10-18(30-8-6-26-7-9-30)11-21(22)29-17-2-3-17/h4-5,10-14,17,26,29H,2-3,6-9H2,1H3.